The summed E-state index contributed by atoms with van der Waals surface area (Å²) in [5.41, 5.74) is 0.248. The molecule has 33 heavy (non-hydrogen) atoms. The van der Waals surface area contributed by atoms with E-state index in [4.69, 9.17) is 9.47 Å². The molecule has 0 bridgehead atoms. The molecule has 0 aromatic carbocycles. The van der Waals surface area contributed by atoms with E-state index >= 15 is 0 Å². The number of hydrogen-bond donors (Lipinski definition) is 2. The van der Waals surface area contributed by atoms with Gasteiger partial charge in [-0.1, -0.05) is 0 Å². The predicted molar refractivity (Wildman–Crippen MR) is 114 cm³/mol. The second-order valence-corrected chi connectivity index (χ2v) is 8.25. The number of aryl methyl sites for hydroxylation is 1. The Balaban J connectivity index is 1.38. The number of anilines is 3. The minimum absolute atomic E-state index is 0.0482. The number of methoxy groups -OCH3 is 1. The molecule has 1 aliphatic heterocycles. The molecule has 0 saturated heterocycles. The van der Waals surface area contributed by atoms with Gasteiger partial charge in [-0.25, -0.2) is 9.97 Å². The number of rotatable bonds is 6. The van der Waals surface area contributed by atoms with Crippen LogP contribution in [0.2, 0.25) is 0 Å². The minimum atomic E-state index is -4.48. The maximum absolute atomic E-state index is 12.6. The van der Waals surface area contributed by atoms with Gasteiger partial charge >= 0.3 is 6.18 Å². The number of pyridine rings is 1. The number of nitrogens with one attached hydrogen (secondary N) is 2. The highest BCUT2D eigenvalue weighted by Crippen LogP contribution is 2.35. The van der Waals surface area contributed by atoms with Crippen LogP contribution in [-0.2, 0) is 15.7 Å². The molecule has 0 radical (unpaired) electrons. The van der Waals surface area contributed by atoms with Crippen molar-refractivity contribution in [3.63, 3.8) is 0 Å². The van der Waals surface area contributed by atoms with E-state index in [-0.39, 0.29) is 24.2 Å². The maximum atomic E-state index is 12.6. The van der Waals surface area contributed by atoms with Gasteiger partial charge in [0.2, 0.25) is 11.9 Å². The van der Waals surface area contributed by atoms with Crippen LogP contribution in [0, 0.1) is 6.92 Å². The summed E-state index contributed by atoms with van der Waals surface area (Å²) in [5, 5.41) is 6.14. The first-order valence-corrected chi connectivity index (χ1v) is 10.5. The van der Waals surface area contributed by atoms with Crippen molar-refractivity contribution in [1.82, 2.24) is 15.0 Å². The van der Waals surface area contributed by atoms with Crippen LogP contribution >= 0.6 is 0 Å². The lowest BCUT2D eigenvalue weighted by Gasteiger charge is -2.38. The van der Waals surface area contributed by atoms with Crippen LogP contribution in [0.15, 0.2) is 18.3 Å². The molecule has 2 atom stereocenters. The van der Waals surface area contributed by atoms with Gasteiger partial charge in [0.25, 0.3) is 0 Å². The molecule has 0 spiro atoms. The lowest BCUT2D eigenvalue weighted by atomic mass is 9.89. The molecule has 2 N–H and O–H groups in total. The van der Waals surface area contributed by atoms with Gasteiger partial charge in [0.05, 0.1) is 18.0 Å². The molecule has 178 valence electrons. The highest BCUT2D eigenvalue weighted by atomic mass is 19.4. The van der Waals surface area contributed by atoms with Gasteiger partial charge in [0.1, 0.15) is 29.3 Å². The number of hydrogen-bond acceptors (Lipinski definition) is 8. The molecular formula is C21H25F3N6O3. The lowest BCUT2D eigenvalue weighted by Crippen LogP contribution is -2.53. The van der Waals surface area contributed by atoms with Crippen molar-refractivity contribution < 1.29 is 27.4 Å². The first kappa shape index (κ1) is 23.0. The molecule has 1 aliphatic carbocycles. The molecule has 9 nitrogen and oxygen atoms in total. The first-order valence-electron chi connectivity index (χ1n) is 10.5. The Morgan fingerprint density at radius 3 is 2.61 bits per heavy atom. The van der Waals surface area contributed by atoms with Crippen LogP contribution in [0.1, 0.15) is 31.2 Å². The predicted octanol–water partition coefficient (Wildman–Crippen LogP) is 3.01. The second kappa shape index (κ2) is 8.65. The van der Waals surface area contributed by atoms with Gasteiger partial charge in [0.15, 0.2) is 5.82 Å². The number of alkyl halides is 3. The zero-order chi connectivity index (χ0) is 23.9. The number of carbonyl (C=O) groups is 1. The smallest absolute Gasteiger partial charge is 0.433 e. The van der Waals surface area contributed by atoms with Crippen LogP contribution in [-0.4, -0.2) is 59.3 Å². The third-order valence-electron chi connectivity index (χ3n) is 5.91. The normalized spacial score (nSPS) is 23.3. The van der Waals surface area contributed by atoms with E-state index in [2.05, 4.69) is 25.6 Å². The molecule has 1 amide bonds. The van der Waals surface area contributed by atoms with Crippen molar-refractivity contribution in [2.75, 3.05) is 29.7 Å². The third-order valence-corrected chi connectivity index (χ3v) is 5.91. The van der Waals surface area contributed by atoms with E-state index in [9.17, 15) is 18.0 Å². The number of halogens is 3. The summed E-state index contributed by atoms with van der Waals surface area (Å²) in [6.07, 6.45) is -2.60. The molecule has 12 heteroatoms. The Morgan fingerprint density at radius 2 is 2.00 bits per heavy atom. The molecule has 1 saturated carbocycles. The van der Waals surface area contributed by atoms with Gasteiger partial charge in [-0.3, -0.25) is 4.79 Å². The summed E-state index contributed by atoms with van der Waals surface area (Å²) in [6.45, 7) is 3.61. The summed E-state index contributed by atoms with van der Waals surface area (Å²) in [4.78, 5) is 26.8. The quantitative estimate of drug-likeness (QED) is 0.670. The zero-order valence-corrected chi connectivity index (χ0v) is 18.6. The maximum Gasteiger partial charge on any atom is 0.433 e. The van der Waals surface area contributed by atoms with Gasteiger partial charge in [-0.05, 0) is 26.0 Å². The number of carbonyl (C=O) groups excluding carboxylic acids is 1. The van der Waals surface area contributed by atoms with Gasteiger partial charge in [-0.2, -0.15) is 18.2 Å². The Hall–Kier alpha value is -3.15. The van der Waals surface area contributed by atoms with E-state index in [1.54, 1.807) is 26.0 Å². The van der Waals surface area contributed by atoms with Gasteiger partial charge in [-0.15, -0.1) is 0 Å². The Bertz CT molecular complexity index is 1030. The summed E-state index contributed by atoms with van der Waals surface area (Å²) < 4.78 is 48.9. The first-order chi connectivity index (χ1) is 15.6. The molecule has 4 rings (SSSR count). The summed E-state index contributed by atoms with van der Waals surface area (Å²) >= 11 is 0. The number of fused-ring (bicyclic) bond motifs is 1. The van der Waals surface area contributed by atoms with E-state index < -0.39 is 17.9 Å². The topological polar surface area (TPSA) is 102 Å². The van der Waals surface area contributed by atoms with Crippen LogP contribution in [0.3, 0.4) is 0 Å². The van der Waals surface area contributed by atoms with E-state index in [0.717, 1.165) is 12.3 Å². The number of ether oxygens (including phenoxy) is 2. The summed E-state index contributed by atoms with van der Waals surface area (Å²) in [6, 6.07) is 1.70. The van der Waals surface area contributed by atoms with Crippen LogP contribution in [0.5, 0.6) is 5.75 Å². The van der Waals surface area contributed by atoms with E-state index in [1.807, 2.05) is 6.92 Å². The highest BCUT2D eigenvalue weighted by Gasteiger charge is 2.38. The fourth-order valence-corrected chi connectivity index (χ4v) is 3.96. The zero-order valence-electron chi connectivity index (χ0n) is 18.6. The van der Waals surface area contributed by atoms with Crippen LogP contribution in [0.25, 0.3) is 0 Å². The molecule has 0 unspecified atom stereocenters. The average molecular weight is 466 g/mol. The number of likely N-dealkylation sites (N-methyl/N-ethyl adjacent to an activating group) is 1. The van der Waals surface area contributed by atoms with Crippen molar-refractivity contribution in [2.45, 2.75) is 57.2 Å². The Morgan fingerprint density at radius 1 is 1.27 bits per heavy atom. The molecular weight excluding hydrogens is 441 g/mol. The fraction of sp³-hybridized carbons (Fsp3) is 0.524. The summed E-state index contributed by atoms with van der Waals surface area (Å²) in [5.74, 6) is 1.14. The standard InChI is InChI=1S/C21H25F3N6O3/c1-10-16-18(30(3)17(11(2)32-4)19(31)28-16)29-20(26-10)27-12-7-14(8-12)33-13-5-6-15(25-9-13)21(22,23)24/h5-6,9,11-12,14,17H,7-8H2,1-4H3,(H,28,31)(H,26,27,29)/t11-,12-,14-,17-/m0/s1. The SMILES string of the molecule is CO[C@@H](C)[C@H]1C(=O)Nc2c(C)nc(N[C@H]3C[C@H](Oc4ccc(C(F)(F)F)nc4)C3)nc2N1C. The van der Waals surface area contributed by atoms with Crippen LogP contribution < -0.4 is 20.3 Å². The molecule has 2 aliphatic rings. The van der Waals surface area contributed by atoms with Crippen molar-refractivity contribution in [2.24, 2.45) is 0 Å². The largest absolute Gasteiger partial charge is 0.489 e. The number of amides is 1. The number of aromatic nitrogens is 3. The average Bonchev–Trinajstić information content (AvgIpc) is 2.72. The van der Waals surface area contributed by atoms with Gasteiger partial charge in [0, 0.05) is 33.0 Å². The van der Waals surface area contributed by atoms with Crippen molar-refractivity contribution in [3.8, 4) is 5.75 Å². The summed E-state index contributed by atoms with van der Waals surface area (Å²) in [7, 11) is 3.34. The molecule has 3 heterocycles. The monoisotopic (exact) mass is 466 g/mol. The Labute approximate surface area is 188 Å². The molecule has 2 aromatic rings. The van der Waals surface area contributed by atoms with Crippen molar-refractivity contribution in [3.05, 3.63) is 29.7 Å². The van der Waals surface area contributed by atoms with Gasteiger partial charge < -0.3 is 25.0 Å². The molecule has 1 fully saturated rings. The highest BCUT2D eigenvalue weighted by molar-refractivity contribution is 6.03. The minimum Gasteiger partial charge on any atom is -0.489 e. The van der Waals surface area contributed by atoms with E-state index in [1.165, 1.54) is 6.07 Å². The fourth-order valence-electron chi connectivity index (χ4n) is 3.96. The van der Waals surface area contributed by atoms with Crippen LogP contribution in [0.4, 0.5) is 30.6 Å². The van der Waals surface area contributed by atoms with E-state index in [0.29, 0.717) is 41.7 Å². The number of nitrogens with zero attached hydrogens (tertiary/aromatic N) is 4. The Kier molecular flexibility index (Phi) is 6.04. The second-order valence-electron chi connectivity index (χ2n) is 8.25. The third kappa shape index (κ3) is 4.65. The molecule has 2 aromatic heterocycles. The van der Waals surface area contributed by atoms with Crippen molar-refractivity contribution >= 4 is 23.4 Å². The lowest BCUT2D eigenvalue weighted by molar-refractivity contribution is -0.141. The van der Waals surface area contributed by atoms with Crippen molar-refractivity contribution in [1.29, 1.82) is 0 Å².